The largest absolute Gasteiger partial charge is 0.430 e. The van der Waals surface area contributed by atoms with Gasteiger partial charge in [-0.3, -0.25) is 0 Å². The van der Waals surface area contributed by atoms with E-state index in [0.29, 0.717) is 0 Å². The lowest BCUT2D eigenvalue weighted by Gasteiger charge is -2.08. The van der Waals surface area contributed by atoms with E-state index in [1.165, 1.54) is 4.70 Å². The number of carbonyl (C=O) groups excluding carboxylic acids is 1. The summed E-state index contributed by atoms with van der Waals surface area (Å²) in [7, 11) is 0. The SMILES string of the molecule is O=C1COC(c2ccc3sccc3c2)O1. The maximum absolute atomic E-state index is 10.9. The molecule has 2 aromatic rings. The predicted molar refractivity (Wildman–Crippen MR) is 56.6 cm³/mol. The van der Waals surface area contributed by atoms with Crippen molar-refractivity contribution in [2.75, 3.05) is 6.61 Å². The van der Waals surface area contributed by atoms with Crippen molar-refractivity contribution >= 4 is 27.4 Å². The van der Waals surface area contributed by atoms with Crippen molar-refractivity contribution in [2.24, 2.45) is 0 Å². The predicted octanol–water partition coefficient (Wildman–Crippen LogP) is 2.47. The Hall–Kier alpha value is -1.39. The van der Waals surface area contributed by atoms with E-state index >= 15 is 0 Å². The highest BCUT2D eigenvalue weighted by molar-refractivity contribution is 7.17. The minimum atomic E-state index is -0.526. The van der Waals surface area contributed by atoms with Crippen LogP contribution in [0.5, 0.6) is 0 Å². The van der Waals surface area contributed by atoms with Gasteiger partial charge >= 0.3 is 5.97 Å². The minimum absolute atomic E-state index is 0.0480. The molecule has 1 saturated heterocycles. The zero-order valence-electron chi connectivity index (χ0n) is 7.80. The fraction of sp³-hybridized carbons (Fsp3) is 0.182. The first-order valence-corrected chi connectivity index (χ1v) is 5.49. The summed E-state index contributed by atoms with van der Waals surface area (Å²) in [6, 6.07) is 7.99. The monoisotopic (exact) mass is 220 g/mol. The third kappa shape index (κ3) is 1.52. The van der Waals surface area contributed by atoms with Crippen LogP contribution in [0.15, 0.2) is 29.6 Å². The summed E-state index contributed by atoms with van der Waals surface area (Å²) >= 11 is 1.69. The van der Waals surface area contributed by atoms with E-state index in [1.54, 1.807) is 11.3 Å². The highest BCUT2D eigenvalue weighted by atomic mass is 32.1. The van der Waals surface area contributed by atoms with E-state index in [1.807, 2.05) is 29.6 Å². The number of cyclic esters (lactones) is 1. The van der Waals surface area contributed by atoms with Gasteiger partial charge in [0.15, 0.2) is 0 Å². The molecule has 0 radical (unpaired) electrons. The first-order valence-electron chi connectivity index (χ1n) is 4.61. The third-order valence-electron chi connectivity index (χ3n) is 2.34. The molecule has 0 bridgehead atoms. The fourth-order valence-electron chi connectivity index (χ4n) is 1.63. The maximum Gasteiger partial charge on any atom is 0.334 e. The highest BCUT2D eigenvalue weighted by Crippen LogP contribution is 2.28. The third-order valence-corrected chi connectivity index (χ3v) is 3.24. The van der Waals surface area contributed by atoms with Gasteiger partial charge in [0.1, 0.15) is 6.61 Å². The summed E-state index contributed by atoms with van der Waals surface area (Å²) < 4.78 is 11.4. The molecule has 4 heteroatoms. The van der Waals surface area contributed by atoms with Gasteiger partial charge in [0.05, 0.1) is 0 Å². The second kappa shape index (κ2) is 3.32. The standard InChI is InChI=1S/C11H8O3S/c12-10-6-13-11(14-10)8-1-2-9-7(5-8)3-4-15-9/h1-5,11H,6H2. The summed E-state index contributed by atoms with van der Waals surface area (Å²) in [5.41, 5.74) is 0.895. The van der Waals surface area contributed by atoms with E-state index < -0.39 is 6.29 Å². The molecule has 0 amide bonds. The van der Waals surface area contributed by atoms with Gasteiger partial charge < -0.3 is 9.47 Å². The van der Waals surface area contributed by atoms with Gasteiger partial charge in [-0.2, -0.15) is 0 Å². The van der Waals surface area contributed by atoms with Crippen LogP contribution in [0.25, 0.3) is 10.1 Å². The van der Waals surface area contributed by atoms with Crippen molar-refractivity contribution in [1.29, 1.82) is 0 Å². The van der Waals surface area contributed by atoms with Gasteiger partial charge in [-0.25, -0.2) is 4.79 Å². The van der Waals surface area contributed by atoms with E-state index in [-0.39, 0.29) is 12.6 Å². The Bertz CT molecular complexity index is 517. The molecule has 3 rings (SSSR count). The van der Waals surface area contributed by atoms with Crippen LogP contribution < -0.4 is 0 Å². The number of fused-ring (bicyclic) bond motifs is 1. The molecule has 0 spiro atoms. The Kier molecular flexibility index (Phi) is 1.97. The van der Waals surface area contributed by atoms with Crippen molar-refractivity contribution in [3.63, 3.8) is 0 Å². The molecule has 0 saturated carbocycles. The summed E-state index contributed by atoms with van der Waals surface area (Å²) in [6.07, 6.45) is -0.526. The van der Waals surface area contributed by atoms with Gasteiger partial charge in [-0.15, -0.1) is 11.3 Å². The van der Waals surface area contributed by atoms with Crippen molar-refractivity contribution in [1.82, 2.24) is 0 Å². The van der Waals surface area contributed by atoms with E-state index in [2.05, 4.69) is 0 Å². The van der Waals surface area contributed by atoms with Crippen molar-refractivity contribution in [2.45, 2.75) is 6.29 Å². The number of hydrogen-bond donors (Lipinski definition) is 0. The Morgan fingerprint density at radius 1 is 1.33 bits per heavy atom. The summed E-state index contributed by atoms with van der Waals surface area (Å²) in [5.74, 6) is -0.301. The molecule has 3 nitrogen and oxygen atoms in total. The van der Waals surface area contributed by atoms with Crippen LogP contribution in [0.3, 0.4) is 0 Å². The molecule has 1 aliphatic heterocycles. The molecule has 1 aliphatic rings. The Balaban J connectivity index is 2.00. The highest BCUT2D eigenvalue weighted by Gasteiger charge is 2.25. The topological polar surface area (TPSA) is 35.5 Å². The Morgan fingerprint density at radius 2 is 2.27 bits per heavy atom. The van der Waals surface area contributed by atoms with Crippen LogP contribution in [0, 0.1) is 0 Å². The molecular formula is C11H8O3S. The molecule has 1 fully saturated rings. The molecule has 15 heavy (non-hydrogen) atoms. The number of hydrogen-bond acceptors (Lipinski definition) is 4. The Labute approximate surface area is 90.2 Å². The van der Waals surface area contributed by atoms with Crippen molar-refractivity contribution < 1.29 is 14.3 Å². The normalized spacial score (nSPS) is 20.8. The van der Waals surface area contributed by atoms with Gasteiger partial charge in [-0.05, 0) is 29.0 Å². The van der Waals surface area contributed by atoms with E-state index in [4.69, 9.17) is 9.47 Å². The minimum Gasteiger partial charge on any atom is -0.430 e. The number of carbonyl (C=O) groups is 1. The fourth-order valence-corrected chi connectivity index (χ4v) is 2.40. The van der Waals surface area contributed by atoms with Gasteiger partial charge in [-0.1, -0.05) is 6.07 Å². The number of rotatable bonds is 1. The Morgan fingerprint density at radius 3 is 3.07 bits per heavy atom. The summed E-state index contributed by atoms with van der Waals surface area (Å²) in [6.45, 7) is 0.0480. The molecule has 1 aromatic heterocycles. The molecular weight excluding hydrogens is 212 g/mol. The van der Waals surface area contributed by atoms with Gasteiger partial charge in [0.25, 0.3) is 0 Å². The van der Waals surface area contributed by atoms with Crippen LogP contribution >= 0.6 is 11.3 Å². The summed E-state index contributed by atoms with van der Waals surface area (Å²) in [4.78, 5) is 10.9. The second-order valence-electron chi connectivity index (χ2n) is 3.35. The van der Waals surface area contributed by atoms with Crippen LogP contribution in [0.4, 0.5) is 0 Å². The molecule has 0 N–H and O–H groups in total. The second-order valence-corrected chi connectivity index (χ2v) is 4.30. The molecule has 2 heterocycles. The first-order chi connectivity index (χ1) is 7.33. The number of ether oxygens (including phenoxy) is 2. The van der Waals surface area contributed by atoms with Crippen LogP contribution in [0.2, 0.25) is 0 Å². The molecule has 0 aliphatic carbocycles. The quantitative estimate of drug-likeness (QED) is 0.692. The lowest BCUT2D eigenvalue weighted by Crippen LogP contribution is -1.99. The molecule has 76 valence electrons. The number of benzene rings is 1. The van der Waals surface area contributed by atoms with Gasteiger partial charge in [0, 0.05) is 10.3 Å². The van der Waals surface area contributed by atoms with Crippen LogP contribution in [-0.2, 0) is 14.3 Å². The van der Waals surface area contributed by atoms with Gasteiger partial charge in [0.2, 0.25) is 6.29 Å². The maximum atomic E-state index is 10.9. The number of esters is 1. The zero-order chi connectivity index (χ0) is 10.3. The lowest BCUT2D eigenvalue weighted by atomic mass is 10.1. The van der Waals surface area contributed by atoms with Crippen LogP contribution in [0.1, 0.15) is 11.9 Å². The smallest absolute Gasteiger partial charge is 0.334 e. The molecule has 1 aromatic carbocycles. The van der Waals surface area contributed by atoms with E-state index in [9.17, 15) is 4.79 Å². The zero-order valence-corrected chi connectivity index (χ0v) is 8.62. The summed E-state index contributed by atoms with van der Waals surface area (Å²) in [5, 5.41) is 3.19. The van der Waals surface area contributed by atoms with E-state index in [0.717, 1.165) is 10.9 Å². The van der Waals surface area contributed by atoms with Crippen LogP contribution in [-0.4, -0.2) is 12.6 Å². The average Bonchev–Trinajstić information content (AvgIpc) is 2.84. The molecule has 1 atom stereocenters. The number of thiophene rings is 1. The van der Waals surface area contributed by atoms with Crippen molar-refractivity contribution in [3.8, 4) is 0 Å². The molecule has 1 unspecified atom stereocenters. The van der Waals surface area contributed by atoms with Crippen molar-refractivity contribution in [3.05, 3.63) is 35.2 Å². The average molecular weight is 220 g/mol. The first kappa shape index (κ1) is 8.88. The lowest BCUT2D eigenvalue weighted by molar-refractivity contribution is -0.143.